The lowest BCUT2D eigenvalue weighted by Crippen LogP contribution is -2.35. The monoisotopic (exact) mass is 362 g/mol. The van der Waals surface area contributed by atoms with E-state index in [1.807, 2.05) is 18.2 Å². The van der Waals surface area contributed by atoms with Gasteiger partial charge < -0.3 is 20.1 Å². The normalized spacial score (nSPS) is 19.2. The number of carbonyl (C=O) groups is 1. The molecule has 1 saturated heterocycles. The van der Waals surface area contributed by atoms with Gasteiger partial charge >= 0.3 is 0 Å². The Morgan fingerprint density at radius 3 is 2.36 bits per heavy atom. The van der Waals surface area contributed by atoms with Crippen LogP contribution in [0.2, 0.25) is 0 Å². The van der Waals surface area contributed by atoms with E-state index in [4.69, 9.17) is 15.2 Å². The topological polar surface area (TPSA) is 64.8 Å². The Bertz CT molecular complexity index is 679. The molecule has 0 radical (unpaired) electrons. The van der Waals surface area contributed by atoms with Crippen LogP contribution in [0.3, 0.4) is 0 Å². The fourth-order valence-electron chi connectivity index (χ4n) is 2.99. The maximum atomic E-state index is 12.4. The van der Waals surface area contributed by atoms with Gasteiger partial charge in [0.1, 0.15) is 11.5 Å². The third kappa shape index (κ3) is 4.65. The second kappa shape index (κ2) is 8.74. The zero-order valence-electron chi connectivity index (χ0n) is 14.1. The lowest BCUT2D eigenvalue weighted by Gasteiger charge is -2.17. The highest BCUT2D eigenvalue weighted by Gasteiger charge is 2.33. The molecule has 2 N–H and O–H groups in total. The molecular weight excluding hydrogens is 340 g/mol. The molecule has 2 atom stereocenters. The lowest BCUT2D eigenvalue weighted by molar-refractivity contribution is -0.132. The molecule has 5 nitrogen and oxygen atoms in total. The van der Waals surface area contributed by atoms with Crippen molar-refractivity contribution in [1.29, 1.82) is 0 Å². The summed E-state index contributed by atoms with van der Waals surface area (Å²) in [6.45, 7) is 1.21. The van der Waals surface area contributed by atoms with Crippen LogP contribution in [0.25, 0.3) is 0 Å². The van der Waals surface area contributed by atoms with Gasteiger partial charge in [0.25, 0.3) is 5.91 Å². The standard InChI is InChI=1S/C19H22N2O3.ClH/c1-23-15-7-9-16(10-8-15)24-13-19(22)21-11-17(18(20)12-21)14-5-3-2-4-6-14;/h2-10,17-18H,11-13,20H2,1H3;1H/t17-,18+;/m0./s1. The summed E-state index contributed by atoms with van der Waals surface area (Å²) in [5.41, 5.74) is 7.41. The number of methoxy groups -OCH3 is 1. The highest BCUT2D eigenvalue weighted by molar-refractivity contribution is 5.85. The van der Waals surface area contributed by atoms with Crippen molar-refractivity contribution in [3.05, 3.63) is 60.2 Å². The molecule has 1 aliphatic rings. The number of likely N-dealkylation sites (tertiary alicyclic amines) is 1. The minimum Gasteiger partial charge on any atom is -0.497 e. The average molecular weight is 363 g/mol. The van der Waals surface area contributed by atoms with Crippen molar-refractivity contribution in [2.75, 3.05) is 26.8 Å². The summed E-state index contributed by atoms with van der Waals surface area (Å²) in [4.78, 5) is 14.2. The quantitative estimate of drug-likeness (QED) is 0.887. The summed E-state index contributed by atoms with van der Waals surface area (Å²) in [6.07, 6.45) is 0. The zero-order valence-corrected chi connectivity index (χ0v) is 14.9. The number of hydrogen-bond acceptors (Lipinski definition) is 4. The largest absolute Gasteiger partial charge is 0.497 e. The van der Waals surface area contributed by atoms with Gasteiger partial charge in [-0.3, -0.25) is 4.79 Å². The summed E-state index contributed by atoms with van der Waals surface area (Å²) < 4.78 is 10.7. The number of ether oxygens (including phenoxy) is 2. The third-order valence-electron chi connectivity index (χ3n) is 4.37. The summed E-state index contributed by atoms with van der Waals surface area (Å²) in [6, 6.07) is 17.2. The molecule has 6 heteroatoms. The van der Waals surface area contributed by atoms with Crippen molar-refractivity contribution in [3.63, 3.8) is 0 Å². The second-order valence-corrected chi connectivity index (χ2v) is 5.94. The molecule has 0 spiro atoms. The van der Waals surface area contributed by atoms with Crippen LogP contribution in [-0.2, 0) is 4.79 Å². The Kier molecular flexibility index (Phi) is 6.67. The van der Waals surface area contributed by atoms with Crippen LogP contribution in [0.4, 0.5) is 0 Å². The molecular formula is C19H23ClN2O3. The molecule has 25 heavy (non-hydrogen) atoms. The van der Waals surface area contributed by atoms with Crippen molar-refractivity contribution >= 4 is 18.3 Å². The molecule has 1 heterocycles. The predicted octanol–water partition coefficient (Wildman–Crippen LogP) is 2.45. The van der Waals surface area contributed by atoms with Crippen molar-refractivity contribution < 1.29 is 14.3 Å². The Labute approximate surface area is 154 Å². The summed E-state index contributed by atoms with van der Waals surface area (Å²) in [5.74, 6) is 1.54. The molecule has 1 amide bonds. The second-order valence-electron chi connectivity index (χ2n) is 5.94. The number of carbonyl (C=O) groups excluding carboxylic acids is 1. The van der Waals surface area contributed by atoms with Crippen molar-refractivity contribution in [2.45, 2.75) is 12.0 Å². The van der Waals surface area contributed by atoms with E-state index in [1.54, 1.807) is 36.3 Å². The van der Waals surface area contributed by atoms with Crippen molar-refractivity contribution in [2.24, 2.45) is 5.73 Å². The van der Waals surface area contributed by atoms with E-state index < -0.39 is 0 Å². The van der Waals surface area contributed by atoms with Crippen LogP contribution in [0.5, 0.6) is 11.5 Å². The Balaban J connectivity index is 0.00000225. The van der Waals surface area contributed by atoms with Gasteiger partial charge in [0.05, 0.1) is 7.11 Å². The van der Waals surface area contributed by atoms with Gasteiger partial charge in [-0.2, -0.15) is 0 Å². The van der Waals surface area contributed by atoms with Gasteiger partial charge in [-0.1, -0.05) is 30.3 Å². The Morgan fingerprint density at radius 1 is 1.08 bits per heavy atom. The Morgan fingerprint density at radius 2 is 1.72 bits per heavy atom. The number of nitrogens with two attached hydrogens (primary N) is 1. The van der Waals surface area contributed by atoms with Gasteiger partial charge in [-0.15, -0.1) is 12.4 Å². The average Bonchev–Trinajstić information content (AvgIpc) is 3.02. The SMILES string of the molecule is COc1ccc(OCC(=O)N2C[C@@H](N)[C@H](c3ccccc3)C2)cc1.Cl. The van der Waals surface area contributed by atoms with Crippen LogP contribution in [-0.4, -0.2) is 43.7 Å². The summed E-state index contributed by atoms with van der Waals surface area (Å²) in [5, 5.41) is 0. The number of hydrogen-bond donors (Lipinski definition) is 1. The van der Waals surface area contributed by atoms with Gasteiger partial charge in [0.15, 0.2) is 6.61 Å². The van der Waals surface area contributed by atoms with Crippen molar-refractivity contribution in [3.8, 4) is 11.5 Å². The maximum absolute atomic E-state index is 12.4. The van der Waals surface area contributed by atoms with Gasteiger partial charge in [-0.25, -0.2) is 0 Å². The Hall–Kier alpha value is -2.24. The molecule has 3 rings (SSSR count). The highest BCUT2D eigenvalue weighted by Crippen LogP contribution is 2.26. The molecule has 1 aliphatic heterocycles. The zero-order chi connectivity index (χ0) is 16.9. The molecule has 0 unspecified atom stereocenters. The molecule has 134 valence electrons. The van der Waals surface area contributed by atoms with E-state index in [2.05, 4.69) is 12.1 Å². The molecule has 2 aromatic carbocycles. The van der Waals surface area contributed by atoms with E-state index in [0.717, 1.165) is 5.75 Å². The summed E-state index contributed by atoms with van der Waals surface area (Å²) in [7, 11) is 1.61. The van der Waals surface area contributed by atoms with E-state index in [-0.39, 0.29) is 36.9 Å². The fourth-order valence-corrected chi connectivity index (χ4v) is 2.99. The number of halogens is 1. The number of rotatable bonds is 5. The lowest BCUT2D eigenvalue weighted by atomic mass is 9.95. The molecule has 0 saturated carbocycles. The first-order valence-corrected chi connectivity index (χ1v) is 8.02. The van der Waals surface area contributed by atoms with Gasteiger partial charge in [0, 0.05) is 25.0 Å². The van der Waals surface area contributed by atoms with E-state index in [9.17, 15) is 4.79 Å². The summed E-state index contributed by atoms with van der Waals surface area (Å²) >= 11 is 0. The number of nitrogens with zero attached hydrogens (tertiary/aromatic N) is 1. The highest BCUT2D eigenvalue weighted by atomic mass is 35.5. The van der Waals surface area contributed by atoms with E-state index in [1.165, 1.54) is 5.56 Å². The molecule has 1 fully saturated rings. The van der Waals surface area contributed by atoms with E-state index >= 15 is 0 Å². The van der Waals surface area contributed by atoms with Crippen molar-refractivity contribution in [1.82, 2.24) is 4.90 Å². The van der Waals surface area contributed by atoms with Crippen LogP contribution in [0, 0.1) is 0 Å². The minimum atomic E-state index is -0.0441. The van der Waals surface area contributed by atoms with Gasteiger partial charge in [0.2, 0.25) is 0 Å². The third-order valence-corrected chi connectivity index (χ3v) is 4.37. The number of benzene rings is 2. The van der Waals surface area contributed by atoms with Crippen LogP contribution in [0.1, 0.15) is 11.5 Å². The maximum Gasteiger partial charge on any atom is 0.260 e. The van der Waals surface area contributed by atoms with Gasteiger partial charge in [-0.05, 0) is 29.8 Å². The first kappa shape index (κ1) is 19.1. The minimum absolute atomic E-state index is 0. The van der Waals surface area contributed by atoms with Crippen LogP contribution < -0.4 is 15.2 Å². The molecule has 2 aromatic rings. The van der Waals surface area contributed by atoms with Crippen LogP contribution in [0.15, 0.2) is 54.6 Å². The fraction of sp³-hybridized carbons (Fsp3) is 0.316. The molecule has 0 bridgehead atoms. The smallest absolute Gasteiger partial charge is 0.260 e. The molecule has 0 aliphatic carbocycles. The first-order chi connectivity index (χ1) is 11.7. The number of amides is 1. The van der Waals surface area contributed by atoms with Crippen LogP contribution >= 0.6 is 12.4 Å². The molecule has 0 aromatic heterocycles. The predicted molar refractivity (Wildman–Crippen MR) is 99.5 cm³/mol. The first-order valence-electron chi connectivity index (χ1n) is 8.02. The van der Waals surface area contributed by atoms with E-state index in [0.29, 0.717) is 18.8 Å².